The predicted octanol–water partition coefficient (Wildman–Crippen LogP) is 3.93. The Morgan fingerprint density at radius 1 is 1.06 bits per heavy atom. The van der Waals surface area contributed by atoms with Crippen molar-refractivity contribution in [1.82, 2.24) is 4.90 Å². The molecule has 2 heterocycles. The van der Waals surface area contributed by atoms with E-state index in [9.17, 15) is 10.1 Å². The maximum absolute atomic E-state index is 13.2. The van der Waals surface area contributed by atoms with Gasteiger partial charge in [-0.15, -0.1) is 0 Å². The van der Waals surface area contributed by atoms with Gasteiger partial charge in [0.25, 0.3) is 0 Å². The Bertz CT molecular complexity index is 1080. The van der Waals surface area contributed by atoms with E-state index in [-0.39, 0.29) is 18.2 Å². The Hall–Kier alpha value is -3.31. The van der Waals surface area contributed by atoms with E-state index >= 15 is 0 Å². The molecular weight excluding hydrogens is 414 g/mol. The number of hydrogen-bond donors (Lipinski definition) is 0. The summed E-state index contributed by atoms with van der Waals surface area (Å²) in [5.41, 5.74) is 2.32. The molecule has 7 nitrogen and oxygen atoms in total. The quantitative estimate of drug-likeness (QED) is 0.701. The fraction of sp³-hybridized carbons (Fsp3) is 0.304. The molecule has 1 fully saturated rings. The van der Waals surface area contributed by atoms with Gasteiger partial charge in [0, 0.05) is 24.0 Å². The van der Waals surface area contributed by atoms with E-state index in [1.807, 2.05) is 36.4 Å². The van der Waals surface area contributed by atoms with Crippen LogP contribution >= 0.6 is 11.8 Å². The SMILES string of the molecule is COc1ccc([C@H]2CC(=O)N3CN(c4ccccc4OC)CSC3=C2C#N)c(OC)c1. The fourth-order valence-corrected chi connectivity index (χ4v) is 5.14. The lowest BCUT2D eigenvalue weighted by Gasteiger charge is -2.42. The summed E-state index contributed by atoms with van der Waals surface area (Å²) in [6.07, 6.45) is 0.204. The van der Waals surface area contributed by atoms with Crippen LogP contribution in [-0.4, -0.2) is 44.7 Å². The van der Waals surface area contributed by atoms with Crippen LogP contribution < -0.4 is 19.1 Å². The van der Waals surface area contributed by atoms with Gasteiger partial charge in [-0.2, -0.15) is 5.26 Å². The van der Waals surface area contributed by atoms with Gasteiger partial charge in [0.05, 0.1) is 56.2 Å². The molecule has 0 aromatic heterocycles. The summed E-state index contributed by atoms with van der Waals surface area (Å²) in [7, 11) is 4.80. The molecule has 31 heavy (non-hydrogen) atoms. The zero-order valence-corrected chi connectivity index (χ0v) is 18.4. The van der Waals surface area contributed by atoms with Crippen molar-refractivity contribution >= 4 is 23.4 Å². The number of amides is 1. The zero-order valence-electron chi connectivity index (χ0n) is 17.6. The van der Waals surface area contributed by atoms with Crippen LogP contribution in [0.4, 0.5) is 5.69 Å². The van der Waals surface area contributed by atoms with Crippen molar-refractivity contribution in [3.63, 3.8) is 0 Å². The number of nitriles is 1. The molecule has 2 aromatic rings. The standard InChI is InChI=1S/C23H23N3O4S/c1-28-15-8-9-16(21(10-15)30-3)17-11-22(27)26-13-25(14-31-23(26)18(17)12-24)19-6-4-5-7-20(19)29-2/h4-10,17H,11,13-14H2,1-3H3/t17-/m1/s1. The van der Waals surface area contributed by atoms with Crippen molar-refractivity contribution in [2.45, 2.75) is 12.3 Å². The van der Waals surface area contributed by atoms with Crippen molar-refractivity contribution in [1.29, 1.82) is 5.26 Å². The third kappa shape index (κ3) is 3.77. The van der Waals surface area contributed by atoms with Gasteiger partial charge in [-0.05, 0) is 18.2 Å². The van der Waals surface area contributed by atoms with Crippen LogP contribution in [0.25, 0.3) is 0 Å². The number of para-hydroxylation sites is 2. The number of allylic oxidation sites excluding steroid dienone is 1. The minimum Gasteiger partial charge on any atom is -0.497 e. The first-order valence-electron chi connectivity index (χ1n) is 9.78. The number of nitrogens with zero attached hydrogens (tertiary/aromatic N) is 3. The first kappa shape index (κ1) is 20.9. The number of rotatable bonds is 5. The van der Waals surface area contributed by atoms with Gasteiger partial charge in [-0.1, -0.05) is 30.0 Å². The number of fused-ring (bicyclic) bond motifs is 1. The number of benzene rings is 2. The molecule has 0 bridgehead atoms. The molecule has 2 aliphatic heterocycles. The van der Waals surface area contributed by atoms with E-state index in [4.69, 9.17) is 14.2 Å². The monoisotopic (exact) mass is 437 g/mol. The molecule has 0 saturated carbocycles. The minimum atomic E-state index is -0.352. The largest absolute Gasteiger partial charge is 0.497 e. The van der Waals surface area contributed by atoms with Gasteiger partial charge >= 0.3 is 0 Å². The van der Waals surface area contributed by atoms with Crippen molar-refractivity contribution in [2.75, 3.05) is 38.8 Å². The molecule has 160 valence electrons. The summed E-state index contributed by atoms with van der Waals surface area (Å²) in [6, 6.07) is 15.6. The fourth-order valence-electron chi connectivity index (χ4n) is 3.98. The highest BCUT2D eigenvalue weighted by atomic mass is 32.2. The van der Waals surface area contributed by atoms with E-state index in [2.05, 4.69) is 11.0 Å². The molecule has 1 saturated heterocycles. The smallest absolute Gasteiger partial charge is 0.229 e. The molecule has 1 atom stereocenters. The summed E-state index contributed by atoms with van der Waals surface area (Å²) >= 11 is 1.49. The molecule has 0 N–H and O–H groups in total. The summed E-state index contributed by atoms with van der Waals surface area (Å²) in [6.45, 7) is 0.374. The molecule has 2 aliphatic rings. The van der Waals surface area contributed by atoms with Crippen LogP contribution in [0.2, 0.25) is 0 Å². The van der Waals surface area contributed by atoms with Gasteiger partial charge in [0.2, 0.25) is 5.91 Å². The Labute approximate surface area is 185 Å². The van der Waals surface area contributed by atoms with Gasteiger partial charge in [0.1, 0.15) is 17.2 Å². The summed E-state index contributed by atoms with van der Waals surface area (Å²) in [4.78, 5) is 17.0. The highest BCUT2D eigenvalue weighted by Crippen LogP contribution is 2.46. The molecule has 1 amide bonds. The highest BCUT2D eigenvalue weighted by Gasteiger charge is 2.39. The average molecular weight is 438 g/mol. The molecule has 4 rings (SSSR count). The van der Waals surface area contributed by atoms with Gasteiger partial charge < -0.3 is 19.1 Å². The zero-order chi connectivity index (χ0) is 22.0. The van der Waals surface area contributed by atoms with Crippen LogP contribution in [-0.2, 0) is 4.79 Å². The van der Waals surface area contributed by atoms with E-state index in [1.54, 1.807) is 32.3 Å². The van der Waals surface area contributed by atoms with Crippen molar-refractivity contribution in [3.05, 3.63) is 58.6 Å². The van der Waals surface area contributed by atoms with Crippen molar-refractivity contribution in [2.24, 2.45) is 0 Å². The lowest BCUT2D eigenvalue weighted by Crippen LogP contribution is -2.47. The molecule has 0 aliphatic carbocycles. The number of methoxy groups -OCH3 is 3. The maximum Gasteiger partial charge on any atom is 0.229 e. The second kappa shape index (κ2) is 8.82. The Morgan fingerprint density at radius 2 is 1.84 bits per heavy atom. The van der Waals surface area contributed by atoms with E-state index < -0.39 is 0 Å². The number of carbonyl (C=O) groups is 1. The summed E-state index contributed by atoms with van der Waals surface area (Å²) in [5, 5.41) is 10.7. The molecule has 0 radical (unpaired) electrons. The lowest BCUT2D eigenvalue weighted by atomic mass is 9.86. The first-order valence-corrected chi connectivity index (χ1v) is 10.8. The Kier molecular flexibility index (Phi) is 5.96. The second-order valence-electron chi connectivity index (χ2n) is 7.14. The van der Waals surface area contributed by atoms with E-state index in [0.717, 1.165) is 17.0 Å². The topological polar surface area (TPSA) is 75.0 Å². The Morgan fingerprint density at radius 3 is 2.55 bits per heavy atom. The van der Waals surface area contributed by atoms with Crippen LogP contribution in [0.1, 0.15) is 17.9 Å². The molecular formula is C23H23N3O4S. The van der Waals surface area contributed by atoms with Crippen LogP contribution in [0.5, 0.6) is 17.2 Å². The minimum absolute atomic E-state index is 0.0241. The number of hydrogen-bond acceptors (Lipinski definition) is 7. The number of thioether (sulfide) groups is 1. The second-order valence-corrected chi connectivity index (χ2v) is 8.08. The number of carbonyl (C=O) groups excluding carboxylic acids is 1. The molecule has 0 unspecified atom stereocenters. The molecule has 8 heteroatoms. The Balaban J connectivity index is 1.70. The van der Waals surface area contributed by atoms with Crippen LogP contribution in [0, 0.1) is 11.3 Å². The van der Waals surface area contributed by atoms with Gasteiger partial charge in [0.15, 0.2) is 0 Å². The van der Waals surface area contributed by atoms with Gasteiger partial charge in [-0.25, -0.2) is 0 Å². The highest BCUT2D eigenvalue weighted by molar-refractivity contribution is 8.03. The third-order valence-corrected chi connectivity index (χ3v) is 6.69. The van der Waals surface area contributed by atoms with Crippen LogP contribution in [0.3, 0.4) is 0 Å². The number of anilines is 1. The van der Waals surface area contributed by atoms with E-state index in [0.29, 0.717) is 34.6 Å². The predicted molar refractivity (Wildman–Crippen MR) is 119 cm³/mol. The van der Waals surface area contributed by atoms with Crippen LogP contribution in [0.15, 0.2) is 53.1 Å². The third-order valence-electron chi connectivity index (χ3n) is 5.54. The maximum atomic E-state index is 13.2. The van der Waals surface area contributed by atoms with Gasteiger partial charge in [-0.3, -0.25) is 9.69 Å². The van der Waals surface area contributed by atoms with E-state index in [1.165, 1.54) is 11.8 Å². The first-order chi connectivity index (χ1) is 15.1. The molecule has 2 aromatic carbocycles. The van der Waals surface area contributed by atoms with Crippen molar-refractivity contribution in [3.8, 4) is 23.3 Å². The number of ether oxygens (including phenoxy) is 3. The lowest BCUT2D eigenvalue weighted by molar-refractivity contribution is -0.129. The van der Waals surface area contributed by atoms with Crippen molar-refractivity contribution < 1.29 is 19.0 Å². The normalized spacial score (nSPS) is 18.4. The summed E-state index contributed by atoms with van der Waals surface area (Å²) in [5.74, 6) is 2.25. The average Bonchev–Trinajstić information content (AvgIpc) is 2.83. The molecule has 0 spiro atoms. The summed E-state index contributed by atoms with van der Waals surface area (Å²) < 4.78 is 16.3.